The number of hydrogen-bond donors (Lipinski definition) is 0. The van der Waals surface area contributed by atoms with E-state index in [0.717, 1.165) is 44.1 Å². The van der Waals surface area contributed by atoms with Gasteiger partial charge < -0.3 is 19.4 Å². The van der Waals surface area contributed by atoms with E-state index in [1.165, 1.54) is 16.5 Å². The summed E-state index contributed by atoms with van der Waals surface area (Å²) in [5, 5.41) is 9.92. The third kappa shape index (κ3) is 6.63. The van der Waals surface area contributed by atoms with Gasteiger partial charge in [-0.1, -0.05) is 31.7 Å². The van der Waals surface area contributed by atoms with Crippen molar-refractivity contribution >= 4 is 29.8 Å². The standard InChI is InChI=1S/C32H40N6O3S/c1-4-30(40)38-17-16-37(19-23(38)13-14-33)31-27(12-11-25-18-22(2)26-9-5-6-10-29(26)42-25)28(20-39)34-32(35-31)41-21-24-8-7-15-36(24)3/h4-6,9-10,20,22-25H,1,7-8,11-13,15-19,21H2,2-3H3/t22?,23?,24?,25-/m0/s1. The summed E-state index contributed by atoms with van der Waals surface area (Å²) in [7, 11) is 2.09. The van der Waals surface area contributed by atoms with Crippen molar-refractivity contribution in [1.82, 2.24) is 19.8 Å². The van der Waals surface area contributed by atoms with Crippen LogP contribution in [-0.2, 0) is 11.2 Å². The van der Waals surface area contributed by atoms with Crippen LogP contribution in [0, 0.1) is 11.3 Å². The van der Waals surface area contributed by atoms with E-state index in [4.69, 9.17) is 9.72 Å². The van der Waals surface area contributed by atoms with Crippen LogP contribution in [0.5, 0.6) is 6.01 Å². The molecule has 4 heterocycles. The van der Waals surface area contributed by atoms with Gasteiger partial charge in [-0.2, -0.15) is 15.2 Å². The van der Waals surface area contributed by atoms with Gasteiger partial charge >= 0.3 is 6.01 Å². The van der Waals surface area contributed by atoms with Crippen LogP contribution in [0.1, 0.15) is 66.6 Å². The lowest BCUT2D eigenvalue weighted by atomic mass is 9.93. The lowest BCUT2D eigenvalue weighted by Gasteiger charge is -2.41. The Morgan fingerprint density at radius 2 is 2.07 bits per heavy atom. The number of anilines is 1. The molecule has 10 heteroatoms. The van der Waals surface area contributed by atoms with Crippen LogP contribution >= 0.6 is 11.8 Å². The van der Waals surface area contributed by atoms with Crippen LogP contribution in [0.4, 0.5) is 5.82 Å². The van der Waals surface area contributed by atoms with Gasteiger partial charge in [0.05, 0.1) is 18.5 Å². The Morgan fingerprint density at radius 3 is 2.81 bits per heavy atom. The quantitative estimate of drug-likeness (QED) is 0.294. The van der Waals surface area contributed by atoms with Crippen molar-refractivity contribution < 1.29 is 14.3 Å². The van der Waals surface area contributed by atoms with E-state index in [-0.39, 0.29) is 30.4 Å². The van der Waals surface area contributed by atoms with Gasteiger partial charge in [-0.3, -0.25) is 9.59 Å². The molecule has 1 aromatic heterocycles. The zero-order chi connectivity index (χ0) is 29.6. The third-order valence-electron chi connectivity index (χ3n) is 8.83. The van der Waals surface area contributed by atoms with Crippen LogP contribution in [0.3, 0.4) is 0 Å². The molecule has 9 nitrogen and oxygen atoms in total. The number of amides is 1. The molecule has 222 valence electrons. The van der Waals surface area contributed by atoms with Gasteiger partial charge in [-0.05, 0) is 69.3 Å². The number of aromatic nitrogens is 2. The van der Waals surface area contributed by atoms with Crippen molar-refractivity contribution in [3.05, 3.63) is 53.7 Å². The number of nitriles is 1. The van der Waals surface area contributed by atoms with E-state index in [0.29, 0.717) is 55.3 Å². The highest BCUT2D eigenvalue weighted by molar-refractivity contribution is 8.00. The van der Waals surface area contributed by atoms with Gasteiger partial charge in [0.2, 0.25) is 5.91 Å². The summed E-state index contributed by atoms with van der Waals surface area (Å²) in [5.41, 5.74) is 2.56. The van der Waals surface area contributed by atoms with Crippen molar-refractivity contribution in [3.63, 3.8) is 0 Å². The summed E-state index contributed by atoms with van der Waals surface area (Å²) in [4.78, 5) is 41.9. The molecule has 0 bridgehead atoms. The molecule has 2 aromatic rings. The first kappa shape index (κ1) is 30.1. The topological polar surface area (TPSA) is 103 Å². The smallest absolute Gasteiger partial charge is 0.319 e. The molecule has 3 unspecified atom stereocenters. The van der Waals surface area contributed by atoms with E-state index in [2.05, 4.69) is 65.7 Å². The van der Waals surface area contributed by atoms with Crippen LogP contribution in [0.2, 0.25) is 0 Å². The van der Waals surface area contributed by atoms with Crippen molar-refractivity contribution in [1.29, 1.82) is 5.26 Å². The maximum atomic E-state index is 12.5. The van der Waals surface area contributed by atoms with Crippen molar-refractivity contribution in [2.45, 2.75) is 73.6 Å². The van der Waals surface area contributed by atoms with Crippen LogP contribution in [0.25, 0.3) is 0 Å². The molecule has 4 atom stereocenters. The molecule has 3 aliphatic heterocycles. The first-order valence-electron chi connectivity index (χ1n) is 14.9. The molecular formula is C32H40N6O3S. The third-order valence-corrected chi connectivity index (χ3v) is 10.2. The highest BCUT2D eigenvalue weighted by Gasteiger charge is 2.33. The maximum absolute atomic E-state index is 12.5. The minimum atomic E-state index is -0.306. The Bertz CT molecular complexity index is 1350. The van der Waals surface area contributed by atoms with Crippen molar-refractivity contribution in [3.8, 4) is 12.1 Å². The zero-order valence-electron chi connectivity index (χ0n) is 24.6. The second kappa shape index (κ2) is 13.7. The average Bonchev–Trinajstić information content (AvgIpc) is 3.42. The van der Waals surface area contributed by atoms with E-state index >= 15 is 0 Å². The Balaban J connectivity index is 1.42. The number of benzene rings is 1. The van der Waals surface area contributed by atoms with Crippen LogP contribution in [-0.4, -0.2) is 89.1 Å². The Morgan fingerprint density at radius 1 is 1.24 bits per heavy atom. The van der Waals surface area contributed by atoms with Crippen LogP contribution < -0.4 is 9.64 Å². The predicted octanol–water partition coefficient (Wildman–Crippen LogP) is 4.48. The number of ether oxygens (including phenoxy) is 1. The largest absolute Gasteiger partial charge is 0.462 e. The highest BCUT2D eigenvalue weighted by Crippen LogP contribution is 2.43. The van der Waals surface area contributed by atoms with Gasteiger partial charge in [-0.15, -0.1) is 11.8 Å². The molecular weight excluding hydrogens is 548 g/mol. The maximum Gasteiger partial charge on any atom is 0.319 e. The second-order valence-electron chi connectivity index (χ2n) is 11.6. The summed E-state index contributed by atoms with van der Waals surface area (Å²) in [6.07, 6.45) is 7.09. The highest BCUT2D eigenvalue weighted by atomic mass is 32.2. The molecule has 2 fully saturated rings. The number of fused-ring (bicyclic) bond motifs is 1. The summed E-state index contributed by atoms with van der Waals surface area (Å²) >= 11 is 1.91. The molecule has 1 amide bonds. The number of rotatable bonds is 10. The fraction of sp³-hybridized carbons (Fsp3) is 0.531. The summed E-state index contributed by atoms with van der Waals surface area (Å²) in [5.74, 6) is 0.963. The summed E-state index contributed by atoms with van der Waals surface area (Å²) in [6.45, 7) is 8.81. The van der Waals surface area contributed by atoms with Gasteiger partial charge in [-0.25, -0.2) is 0 Å². The lowest BCUT2D eigenvalue weighted by Crippen LogP contribution is -2.55. The molecule has 1 aromatic carbocycles. The number of thioether (sulfide) groups is 1. The van der Waals surface area contributed by atoms with Gasteiger partial charge in [0.25, 0.3) is 0 Å². The molecule has 0 radical (unpaired) electrons. The lowest BCUT2D eigenvalue weighted by molar-refractivity contribution is -0.128. The van der Waals surface area contributed by atoms with Crippen molar-refractivity contribution in [2.75, 3.05) is 44.7 Å². The number of piperazine rings is 1. The fourth-order valence-corrected chi connectivity index (χ4v) is 8.00. The van der Waals surface area contributed by atoms with Gasteiger partial charge in [0, 0.05) is 41.4 Å². The first-order chi connectivity index (χ1) is 20.4. The Labute approximate surface area is 252 Å². The minimum absolute atomic E-state index is 0.181. The van der Waals surface area contributed by atoms with Crippen molar-refractivity contribution in [2.24, 2.45) is 0 Å². The molecule has 0 aliphatic carbocycles. The number of carbonyl (C=O) groups is 2. The molecule has 2 saturated heterocycles. The molecule has 42 heavy (non-hydrogen) atoms. The summed E-state index contributed by atoms with van der Waals surface area (Å²) in [6, 6.07) is 11.0. The molecule has 5 rings (SSSR count). The van der Waals surface area contributed by atoms with E-state index in [9.17, 15) is 14.9 Å². The second-order valence-corrected chi connectivity index (χ2v) is 12.9. The minimum Gasteiger partial charge on any atom is -0.462 e. The fourth-order valence-electron chi connectivity index (χ4n) is 6.45. The molecule has 0 spiro atoms. The SMILES string of the molecule is C=CC(=O)N1CCN(c2nc(OCC3CCCN3C)nc(C=O)c2CC[C@H]2CC(C)c3ccccc3S2)CC1CC#N. The number of likely N-dealkylation sites (tertiary alicyclic amines) is 1. The average molecular weight is 589 g/mol. The summed E-state index contributed by atoms with van der Waals surface area (Å²) < 4.78 is 6.10. The predicted molar refractivity (Wildman–Crippen MR) is 164 cm³/mol. The molecule has 0 N–H and O–H groups in total. The van der Waals surface area contributed by atoms with E-state index < -0.39 is 0 Å². The first-order valence-corrected chi connectivity index (χ1v) is 15.8. The molecule has 0 saturated carbocycles. The zero-order valence-corrected chi connectivity index (χ0v) is 25.4. The van der Waals surface area contributed by atoms with Crippen LogP contribution in [0.15, 0.2) is 41.8 Å². The number of hydrogen-bond acceptors (Lipinski definition) is 9. The van der Waals surface area contributed by atoms with Gasteiger partial charge in [0.15, 0.2) is 6.29 Å². The Hall–Kier alpha value is -3.42. The number of nitrogens with zero attached hydrogens (tertiary/aromatic N) is 6. The van der Waals surface area contributed by atoms with E-state index in [1.807, 2.05) is 11.8 Å². The molecule has 3 aliphatic rings. The number of likely N-dealkylation sites (N-methyl/N-ethyl adjacent to an activating group) is 1. The monoisotopic (exact) mass is 588 g/mol. The normalized spacial score (nSPS) is 24.1. The van der Waals surface area contributed by atoms with Gasteiger partial charge in [0.1, 0.15) is 18.1 Å². The number of carbonyl (C=O) groups excluding carboxylic acids is 2. The number of aldehydes is 1. The Kier molecular flexibility index (Phi) is 9.80. The van der Waals surface area contributed by atoms with E-state index in [1.54, 1.807) is 4.90 Å².